The van der Waals surface area contributed by atoms with Crippen molar-refractivity contribution in [1.82, 2.24) is 0 Å². The standard InChI is InChI=1S/2C3H8O4S.Ba/c2*1-3(4)2-8(5,6)7;/h2*3-4H,2H2,1H3,(H,5,6,7);/q;;+2/p-2. The molecule has 0 aliphatic rings. The maximum atomic E-state index is 9.73. The normalized spacial score (nSPS) is 14.9. The molecule has 0 aliphatic carbocycles. The zero-order valence-electron chi connectivity index (χ0n) is 9.44. The van der Waals surface area contributed by atoms with E-state index in [1.807, 2.05) is 0 Å². The summed E-state index contributed by atoms with van der Waals surface area (Å²) < 4.78 is 58.4. The van der Waals surface area contributed by atoms with Crippen LogP contribution in [-0.2, 0) is 20.2 Å². The van der Waals surface area contributed by atoms with E-state index in [0.29, 0.717) is 0 Å². The van der Waals surface area contributed by atoms with E-state index in [1.54, 1.807) is 0 Å². The van der Waals surface area contributed by atoms with Gasteiger partial charge >= 0.3 is 48.9 Å². The van der Waals surface area contributed by atoms with E-state index in [0.717, 1.165) is 0 Å². The van der Waals surface area contributed by atoms with Crippen LogP contribution in [0.5, 0.6) is 0 Å². The summed E-state index contributed by atoms with van der Waals surface area (Å²) in [5.74, 6) is -1.40. The molecule has 2 N–H and O–H groups in total. The minimum atomic E-state index is -4.22. The Morgan fingerprint density at radius 3 is 1.06 bits per heavy atom. The van der Waals surface area contributed by atoms with E-state index in [2.05, 4.69) is 0 Å². The van der Waals surface area contributed by atoms with Crippen LogP contribution in [-0.4, -0.2) is 109 Å². The Labute approximate surface area is 141 Å². The molecule has 0 aromatic heterocycles. The van der Waals surface area contributed by atoms with Crippen LogP contribution in [0.4, 0.5) is 0 Å². The van der Waals surface area contributed by atoms with Gasteiger partial charge < -0.3 is 19.3 Å². The molecule has 0 aliphatic heterocycles. The Morgan fingerprint density at radius 1 is 0.882 bits per heavy atom. The van der Waals surface area contributed by atoms with Crippen LogP contribution in [0.1, 0.15) is 13.8 Å². The molecule has 0 saturated carbocycles. The van der Waals surface area contributed by atoms with Gasteiger partial charge in [0.1, 0.15) is 0 Å². The van der Waals surface area contributed by atoms with Gasteiger partial charge in [0.2, 0.25) is 0 Å². The van der Waals surface area contributed by atoms with Crippen molar-refractivity contribution in [3.63, 3.8) is 0 Å². The van der Waals surface area contributed by atoms with Gasteiger partial charge in [-0.2, -0.15) is 0 Å². The van der Waals surface area contributed by atoms with Gasteiger partial charge in [0, 0.05) is 0 Å². The molecule has 0 saturated heterocycles. The number of aliphatic hydroxyl groups is 2. The topological polar surface area (TPSA) is 155 Å². The molecule has 0 fully saturated rings. The van der Waals surface area contributed by atoms with Crippen LogP contribution in [0.25, 0.3) is 0 Å². The number of aliphatic hydroxyl groups excluding tert-OH is 2. The summed E-state index contributed by atoms with van der Waals surface area (Å²) >= 11 is 0. The summed E-state index contributed by atoms with van der Waals surface area (Å²) in [7, 11) is -8.45. The van der Waals surface area contributed by atoms with Crippen molar-refractivity contribution in [3.8, 4) is 0 Å². The molecule has 0 amide bonds. The summed E-state index contributed by atoms with van der Waals surface area (Å²) in [6, 6.07) is 0. The van der Waals surface area contributed by atoms with Gasteiger partial charge in [-0.1, -0.05) is 0 Å². The van der Waals surface area contributed by atoms with Crippen molar-refractivity contribution in [2.24, 2.45) is 0 Å². The van der Waals surface area contributed by atoms with Crippen molar-refractivity contribution >= 4 is 69.1 Å². The fraction of sp³-hybridized carbons (Fsp3) is 1.00. The first-order valence-corrected chi connectivity index (χ1v) is 7.22. The third kappa shape index (κ3) is 31.7. The molecule has 0 spiro atoms. The molecular weight excluding hydrogens is 402 g/mol. The second-order valence-electron chi connectivity index (χ2n) is 3.15. The summed E-state index contributed by atoms with van der Waals surface area (Å²) in [6.45, 7) is 2.49. The molecule has 0 rings (SSSR count). The molecule has 0 heterocycles. The monoisotopic (exact) mass is 416 g/mol. The summed E-state index contributed by atoms with van der Waals surface area (Å²) in [6.07, 6.45) is -2.12. The van der Waals surface area contributed by atoms with Gasteiger partial charge in [-0.25, -0.2) is 16.8 Å². The average Bonchev–Trinajstić information content (AvgIpc) is 1.72. The molecule has 2 atom stereocenters. The van der Waals surface area contributed by atoms with Crippen LogP contribution in [0.2, 0.25) is 0 Å². The van der Waals surface area contributed by atoms with E-state index >= 15 is 0 Å². The fourth-order valence-corrected chi connectivity index (χ4v) is 1.77. The predicted octanol–water partition coefficient (Wildman–Crippen LogP) is -2.56. The first-order valence-electron chi connectivity index (χ1n) is 4.06. The second-order valence-corrected chi connectivity index (χ2v) is 6.04. The zero-order valence-corrected chi connectivity index (χ0v) is 15.5. The van der Waals surface area contributed by atoms with Crippen LogP contribution < -0.4 is 0 Å². The van der Waals surface area contributed by atoms with E-state index in [4.69, 9.17) is 10.2 Å². The van der Waals surface area contributed by atoms with Gasteiger partial charge in [-0.3, -0.25) is 0 Å². The third-order valence-electron chi connectivity index (χ3n) is 0.891. The Bertz CT molecular complexity index is 333. The molecule has 100 valence electrons. The number of rotatable bonds is 4. The zero-order chi connectivity index (χ0) is 13.6. The van der Waals surface area contributed by atoms with Gasteiger partial charge in [-0.05, 0) is 13.8 Å². The Hall–Kier alpha value is 1.31. The SMILES string of the molecule is CC(O)CS(=O)(=O)[O-].CC(O)CS(=O)(=O)[O-].[Ba+2]. The van der Waals surface area contributed by atoms with Gasteiger partial charge in [0.25, 0.3) is 0 Å². The first-order chi connectivity index (χ1) is 6.83. The van der Waals surface area contributed by atoms with Gasteiger partial charge in [0.05, 0.1) is 43.9 Å². The Morgan fingerprint density at radius 2 is 1.06 bits per heavy atom. The Kier molecular flexibility index (Phi) is 14.0. The molecule has 8 nitrogen and oxygen atoms in total. The average molecular weight is 416 g/mol. The van der Waals surface area contributed by atoms with Crippen molar-refractivity contribution in [2.75, 3.05) is 11.5 Å². The van der Waals surface area contributed by atoms with Crippen LogP contribution in [0, 0.1) is 0 Å². The molecule has 0 aromatic rings. The molecular formula is C6H14BaO8S2. The largest absolute Gasteiger partial charge is 2.00 e. The van der Waals surface area contributed by atoms with Crippen LogP contribution >= 0.6 is 0 Å². The Balaban J connectivity index is -0.000000218. The van der Waals surface area contributed by atoms with Crippen molar-refractivity contribution < 1.29 is 36.2 Å². The third-order valence-corrected chi connectivity index (χ3v) is 2.67. The van der Waals surface area contributed by atoms with Crippen molar-refractivity contribution in [1.29, 1.82) is 0 Å². The quantitative estimate of drug-likeness (QED) is 0.375. The van der Waals surface area contributed by atoms with E-state index in [1.165, 1.54) is 13.8 Å². The first kappa shape index (κ1) is 23.4. The minimum Gasteiger partial charge on any atom is -0.748 e. The molecule has 0 bridgehead atoms. The van der Waals surface area contributed by atoms with E-state index in [-0.39, 0.29) is 48.9 Å². The van der Waals surface area contributed by atoms with Crippen molar-refractivity contribution in [2.45, 2.75) is 26.1 Å². The van der Waals surface area contributed by atoms with Crippen LogP contribution in [0.15, 0.2) is 0 Å². The van der Waals surface area contributed by atoms with Gasteiger partial charge in [0.15, 0.2) is 0 Å². The molecule has 2 unspecified atom stereocenters. The van der Waals surface area contributed by atoms with Gasteiger partial charge in [-0.15, -0.1) is 0 Å². The molecule has 0 radical (unpaired) electrons. The maximum absolute atomic E-state index is 9.73. The molecule has 0 aromatic carbocycles. The molecule has 17 heavy (non-hydrogen) atoms. The summed E-state index contributed by atoms with van der Waals surface area (Å²) in [4.78, 5) is 0. The molecule has 11 heteroatoms. The summed E-state index contributed by atoms with van der Waals surface area (Å²) in [5, 5.41) is 16.6. The minimum absolute atomic E-state index is 0. The van der Waals surface area contributed by atoms with E-state index in [9.17, 15) is 25.9 Å². The number of hydrogen-bond donors (Lipinski definition) is 2. The summed E-state index contributed by atoms with van der Waals surface area (Å²) in [5.41, 5.74) is 0. The smallest absolute Gasteiger partial charge is 0.748 e. The maximum Gasteiger partial charge on any atom is 2.00 e. The van der Waals surface area contributed by atoms with E-state index < -0.39 is 43.9 Å². The fourth-order valence-electron chi connectivity index (χ4n) is 0.591. The number of hydrogen-bond acceptors (Lipinski definition) is 8. The van der Waals surface area contributed by atoms with Crippen LogP contribution in [0.3, 0.4) is 0 Å². The van der Waals surface area contributed by atoms with Crippen molar-refractivity contribution in [3.05, 3.63) is 0 Å². The predicted molar refractivity (Wildman–Crippen MR) is 58.2 cm³/mol. The second kappa shape index (κ2) is 10.1.